The molecule has 1 aromatic heterocycles. The van der Waals surface area contributed by atoms with Crippen LogP contribution in [0.4, 0.5) is 0 Å². The number of rotatable bonds is 5. The molecule has 1 aromatic carbocycles. The molecule has 0 bridgehead atoms. The summed E-state index contributed by atoms with van der Waals surface area (Å²) >= 11 is 1.61. The zero-order valence-corrected chi connectivity index (χ0v) is 18.7. The fourth-order valence-corrected chi connectivity index (χ4v) is 5.98. The molecule has 2 aromatic rings. The summed E-state index contributed by atoms with van der Waals surface area (Å²) in [4.78, 5) is 32.4. The van der Waals surface area contributed by atoms with Gasteiger partial charge in [-0.1, -0.05) is 38.1 Å². The number of piperidine rings is 1. The Morgan fingerprint density at radius 3 is 2.53 bits per heavy atom. The molecule has 6 heteroatoms. The number of ether oxygens (including phenoxy) is 1. The van der Waals surface area contributed by atoms with E-state index in [0.717, 1.165) is 30.0 Å². The SMILES string of the molecule is COCCN1C(=O)c2ccccc2[C@H](C(=O)N2C[C@H](C)C[C@@H](C)C2)[C@@H]1c1cccs1. The average Bonchev–Trinajstić information content (AvgIpc) is 3.26. The number of nitrogens with zero attached hydrogens (tertiary/aromatic N) is 2. The van der Waals surface area contributed by atoms with Crippen molar-refractivity contribution in [1.82, 2.24) is 9.80 Å². The number of hydrogen-bond acceptors (Lipinski definition) is 4. The number of thiophene rings is 1. The van der Waals surface area contributed by atoms with E-state index in [1.807, 2.05) is 51.6 Å². The van der Waals surface area contributed by atoms with Crippen molar-refractivity contribution >= 4 is 23.2 Å². The first kappa shape index (κ1) is 21.1. The van der Waals surface area contributed by atoms with E-state index in [1.165, 1.54) is 0 Å². The van der Waals surface area contributed by atoms with E-state index in [2.05, 4.69) is 13.8 Å². The Morgan fingerprint density at radius 1 is 1.13 bits per heavy atom. The van der Waals surface area contributed by atoms with Gasteiger partial charge in [-0.3, -0.25) is 9.59 Å². The van der Waals surface area contributed by atoms with Gasteiger partial charge in [0.1, 0.15) is 0 Å². The first-order valence-corrected chi connectivity index (χ1v) is 11.6. The molecule has 2 aliphatic heterocycles. The molecule has 0 saturated carbocycles. The van der Waals surface area contributed by atoms with Gasteiger partial charge in [0.05, 0.1) is 18.6 Å². The Kier molecular flexibility index (Phi) is 6.25. The Balaban J connectivity index is 1.80. The van der Waals surface area contributed by atoms with Gasteiger partial charge in [-0.05, 0) is 41.3 Å². The third kappa shape index (κ3) is 3.91. The summed E-state index contributed by atoms with van der Waals surface area (Å²) in [6.07, 6.45) is 1.15. The Bertz CT molecular complexity index is 888. The first-order chi connectivity index (χ1) is 14.5. The van der Waals surface area contributed by atoms with Gasteiger partial charge in [0.15, 0.2) is 0 Å². The van der Waals surface area contributed by atoms with Crippen molar-refractivity contribution < 1.29 is 14.3 Å². The normalized spacial score (nSPS) is 26.6. The van der Waals surface area contributed by atoms with Crippen molar-refractivity contribution in [2.75, 3.05) is 33.4 Å². The van der Waals surface area contributed by atoms with Crippen molar-refractivity contribution in [3.63, 3.8) is 0 Å². The molecule has 0 N–H and O–H groups in total. The van der Waals surface area contributed by atoms with Crippen molar-refractivity contribution in [3.8, 4) is 0 Å². The van der Waals surface area contributed by atoms with Crippen LogP contribution in [-0.4, -0.2) is 55.0 Å². The zero-order valence-electron chi connectivity index (χ0n) is 17.9. The lowest BCUT2D eigenvalue weighted by molar-refractivity contribution is -0.137. The van der Waals surface area contributed by atoms with Crippen LogP contribution in [-0.2, 0) is 9.53 Å². The number of methoxy groups -OCH3 is 1. The van der Waals surface area contributed by atoms with Crippen LogP contribution in [0.25, 0.3) is 0 Å². The molecule has 4 atom stereocenters. The predicted molar refractivity (Wildman–Crippen MR) is 119 cm³/mol. The predicted octanol–water partition coefficient (Wildman–Crippen LogP) is 4.18. The maximum atomic E-state index is 14.0. The number of hydrogen-bond donors (Lipinski definition) is 0. The fourth-order valence-electron chi connectivity index (χ4n) is 5.11. The Hall–Kier alpha value is -2.18. The van der Waals surface area contributed by atoms with E-state index >= 15 is 0 Å². The molecule has 0 unspecified atom stereocenters. The minimum absolute atomic E-state index is 0.0227. The third-order valence-corrected chi connectivity index (χ3v) is 7.20. The number of amides is 2. The van der Waals surface area contributed by atoms with Gasteiger partial charge in [0, 0.05) is 37.2 Å². The van der Waals surface area contributed by atoms with Crippen LogP contribution in [0, 0.1) is 11.8 Å². The summed E-state index contributed by atoms with van der Waals surface area (Å²) in [6, 6.07) is 11.4. The highest BCUT2D eigenvalue weighted by molar-refractivity contribution is 7.10. The lowest BCUT2D eigenvalue weighted by Gasteiger charge is -2.44. The van der Waals surface area contributed by atoms with E-state index in [1.54, 1.807) is 18.4 Å². The summed E-state index contributed by atoms with van der Waals surface area (Å²) in [5.41, 5.74) is 1.49. The summed E-state index contributed by atoms with van der Waals surface area (Å²) in [5.74, 6) is 0.692. The van der Waals surface area contributed by atoms with Gasteiger partial charge >= 0.3 is 0 Å². The van der Waals surface area contributed by atoms with E-state index in [0.29, 0.717) is 30.6 Å². The van der Waals surface area contributed by atoms with E-state index in [-0.39, 0.29) is 17.9 Å². The largest absolute Gasteiger partial charge is 0.383 e. The molecule has 3 heterocycles. The van der Waals surface area contributed by atoms with Gasteiger partial charge in [-0.25, -0.2) is 0 Å². The number of likely N-dealkylation sites (tertiary alicyclic amines) is 1. The molecule has 2 aliphatic rings. The van der Waals surface area contributed by atoms with Crippen molar-refractivity contribution in [2.45, 2.75) is 32.2 Å². The molecule has 0 spiro atoms. The second-order valence-electron chi connectivity index (χ2n) is 8.71. The summed E-state index contributed by atoms with van der Waals surface area (Å²) in [6.45, 7) is 6.90. The second-order valence-corrected chi connectivity index (χ2v) is 9.69. The monoisotopic (exact) mass is 426 g/mol. The highest BCUT2D eigenvalue weighted by Crippen LogP contribution is 2.45. The maximum Gasteiger partial charge on any atom is 0.254 e. The first-order valence-electron chi connectivity index (χ1n) is 10.7. The van der Waals surface area contributed by atoms with Crippen LogP contribution in [0.3, 0.4) is 0 Å². The quantitative estimate of drug-likeness (QED) is 0.721. The smallest absolute Gasteiger partial charge is 0.254 e. The molecule has 4 rings (SSSR count). The molecule has 1 saturated heterocycles. The molecule has 1 fully saturated rings. The molecular weight excluding hydrogens is 396 g/mol. The summed E-state index contributed by atoms with van der Waals surface area (Å²) in [5, 5.41) is 2.02. The lowest BCUT2D eigenvalue weighted by atomic mass is 9.80. The molecule has 5 nitrogen and oxygen atoms in total. The minimum atomic E-state index is -0.396. The Labute approximate surface area is 182 Å². The van der Waals surface area contributed by atoms with Crippen LogP contribution < -0.4 is 0 Å². The van der Waals surface area contributed by atoms with Gasteiger partial charge in [-0.15, -0.1) is 11.3 Å². The number of fused-ring (bicyclic) bond motifs is 1. The highest BCUT2D eigenvalue weighted by Gasteiger charge is 2.46. The van der Waals surface area contributed by atoms with Crippen molar-refractivity contribution in [1.29, 1.82) is 0 Å². The topological polar surface area (TPSA) is 49.9 Å². The van der Waals surface area contributed by atoms with Gasteiger partial charge < -0.3 is 14.5 Å². The standard InChI is InChI=1S/C24H30N2O3S/c1-16-13-17(2)15-25(14-16)24(28)21-18-7-4-5-8-19(18)23(27)26(10-11-29-3)22(21)20-9-6-12-30-20/h4-9,12,16-17,21-22H,10-11,13-15H2,1-3H3/t16-,17-,21+,22+/m1/s1. The van der Waals surface area contributed by atoms with Crippen LogP contribution in [0.2, 0.25) is 0 Å². The fraction of sp³-hybridized carbons (Fsp3) is 0.500. The number of carbonyl (C=O) groups excluding carboxylic acids is 2. The van der Waals surface area contributed by atoms with Crippen molar-refractivity contribution in [3.05, 3.63) is 57.8 Å². The van der Waals surface area contributed by atoms with Crippen LogP contribution in [0.1, 0.15) is 53.0 Å². The van der Waals surface area contributed by atoms with Gasteiger partial charge in [0.2, 0.25) is 5.91 Å². The Morgan fingerprint density at radius 2 is 1.87 bits per heavy atom. The van der Waals surface area contributed by atoms with E-state index < -0.39 is 5.92 Å². The molecule has 30 heavy (non-hydrogen) atoms. The number of carbonyl (C=O) groups is 2. The van der Waals surface area contributed by atoms with Crippen LogP contribution >= 0.6 is 11.3 Å². The average molecular weight is 427 g/mol. The minimum Gasteiger partial charge on any atom is -0.383 e. The van der Waals surface area contributed by atoms with Crippen molar-refractivity contribution in [2.24, 2.45) is 11.8 Å². The lowest BCUT2D eigenvalue weighted by Crippen LogP contribution is -2.51. The highest BCUT2D eigenvalue weighted by atomic mass is 32.1. The van der Waals surface area contributed by atoms with E-state index in [9.17, 15) is 9.59 Å². The third-order valence-electron chi connectivity index (χ3n) is 6.26. The van der Waals surface area contributed by atoms with Crippen LogP contribution in [0.15, 0.2) is 41.8 Å². The van der Waals surface area contributed by atoms with Gasteiger partial charge in [0.25, 0.3) is 5.91 Å². The second kappa shape index (κ2) is 8.90. The summed E-state index contributed by atoms with van der Waals surface area (Å²) in [7, 11) is 1.64. The summed E-state index contributed by atoms with van der Waals surface area (Å²) < 4.78 is 5.30. The molecular formula is C24H30N2O3S. The van der Waals surface area contributed by atoms with Crippen LogP contribution in [0.5, 0.6) is 0 Å². The number of benzene rings is 1. The molecule has 160 valence electrons. The molecule has 0 aliphatic carbocycles. The van der Waals surface area contributed by atoms with Gasteiger partial charge in [-0.2, -0.15) is 0 Å². The molecule has 0 radical (unpaired) electrons. The maximum absolute atomic E-state index is 14.0. The zero-order chi connectivity index (χ0) is 21.3. The molecule has 2 amide bonds. The van der Waals surface area contributed by atoms with E-state index in [4.69, 9.17) is 4.74 Å².